The molecule has 0 aromatic heterocycles. The summed E-state index contributed by atoms with van der Waals surface area (Å²) < 4.78 is 27.6. The van der Waals surface area contributed by atoms with Crippen LogP contribution in [0.25, 0.3) is 0 Å². The molecule has 3 heterocycles. The molecule has 3 aromatic rings. The van der Waals surface area contributed by atoms with Crippen LogP contribution in [-0.2, 0) is 9.59 Å². The third-order valence-corrected chi connectivity index (χ3v) is 6.84. The molecule has 3 aliphatic rings. The van der Waals surface area contributed by atoms with Crippen molar-refractivity contribution in [3.05, 3.63) is 66.2 Å². The summed E-state index contributed by atoms with van der Waals surface area (Å²) in [6.45, 7) is 1.09. The van der Waals surface area contributed by atoms with Gasteiger partial charge in [-0.25, -0.2) is 0 Å². The number of nitrogens with one attached hydrogen (secondary N) is 1. The average Bonchev–Trinajstić information content (AvgIpc) is 3.41. The van der Waals surface area contributed by atoms with Gasteiger partial charge < -0.3 is 33.9 Å². The second-order valence-electron chi connectivity index (χ2n) is 9.01. The molecule has 0 radical (unpaired) electrons. The van der Waals surface area contributed by atoms with Gasteiger partial charge >= 0.3 is 0 Å². The summed E-state index contributed by atoms with van der Waals surface area (Å²) in [5.74, 6) is 2.37. The molecule has 1 fully saturated rings. The topological polar surface area (TPSA) is 95.6 Å². The highest BCUT2D eigenvalue weighted by Crippen LogP contribution is 2.44. The minimum Gasteiger partial charge on any atom is -0.497 e. The maximum absolute atomic E-state index is 13.7. The van der Waals surface area contributed by atoms with Crippen molar-refractivity contribution in [1.82, 2.24) is 0 Å². The molecule has 6 rings (SSSR count). The van der Waals surface area contributed by atoms with E-state index in [0.29, 0.717) is 59.8 Å². The van der Waals surface area contributed by atoms with E-state index >= 15 is 0 Å². The predicted octanol–water partition coefficient (Wildman–Crippen LogP) is 4.32. The van der Waals surface area contributed by atoms with Crippen LogP contribution in [0.4, 0.5) is 11.4 Å². The van der Waals surface area contributed by atoms with Gasteiger partial charge in [-0.05, 0) is 48.4 Å². The van der Waals surface area contributed by atoms with Crippen molar-refractivity contribution in [2.75, 3.05) is 37.3 Å². The van der Waals surface area contributed by atoms with Crippen molar-refractivity contribution in [3.63, 3.8) is 0 Å². The molecule has 0 bridgehead atoms. The van der Waals surface area contributed by atoms with Crippen LogP contribution in [0.3, 0.4) is 0 Å². The quantitative estimate of drug-likeness (QED) is 0.555. The maximum atomic E-state index is 13.7. The fraction of sp³-hybridized carbons (Fsp3) is 0.286. The van der Waals surface area contributed by atoms with E-state index in [2.05, 4.69) is 5.32 Å². The minimum atomic E-state index is -0.537. The van der Waals surface area contributed by atoms with Gasteiger partial charge in [-0.1, -0.05) is 12.1 Å². The second kappa shape index (κ2) is 9.57. The number of rotatable bonds is 5. The third-order valence-electron chi connectivity index (χ3n) is 6.84. The first-order chi connectivity index (χ1) is 18.1. The van der Waals surface area contributed by atoms with E-state index in [-0.39, 0.29) is 25.0 Å². The molecule has 1 saturated heterocycles. The Hall–Kier alpha value is -4.40. The van der Waals surface area contributed by atoms with Gasteiger partial charge in [0.2, 0.25) is 18.6 Å². The van der Waals surface area contributed by atoms with Crippen molar-refractivity contribution in [1.29, 1.82) is 0 Å². The Morgan fingerprint density at radius 3 is 2.41 bits per heavy atom. The monoisotopic (exact) mass is 502 g/mol. The Morgan fingerprint density at radius 1 is 0.892 bits per heavy atom. The zero-order chi connectivity index (χ0) is 25.4. The van der Waals surface area contributed by atoms with Crippen molar-refractivity contribution in [2.45, 2.75) is 18.9 Å². The highest BCUT2D eigenvalue weighted by Gasteiger charge is 2.42. The van der Waals surface area contributed by atoms with Gasteiger partial charge in [-0.15, -0.1) is 0 Å². The van der Waals surface area contributed by atoms with Gasteiger partial charge in [0.25, 0.3) is 0 Å². The van der Waals surface area contributed by atoms with Crippen LogP contribution in [0.5, 0.6) is 28.7 Å². The number of hydrogen-bond acceptors (Lipinski definition) is 7. The van der Waals surface area contributed by atoms with Crippen LogP contribution in [0.15, 0.2) is 60.7 Å². The zero-order valence-electron chi connectivity index (χ0n) is 20.3. The van der Waals surface area contributed by atoms with Gasteiger partial charge in [0, 0.05) is 29.9 Å². The molecule has 9 nitrogen and oxygen atoms in total. The lowest BCUT2D eigenvalue weighted by atomic mass is 9.83. The van der Waals surface area contributed by atoms with E-state index in [0.717, 1.165) is 5.56 Å². The SMILES string of the molecule is COc1ccc([C@@H]2[C@@H](C(=O)Nc3ccc4c(c3)OCCO4)CCC(=O)N2c2ccc3c(c2)OCO3)cc1. The van der Waals surface area contributed by atoms with Crippen LogP contribution in [0.1, 0.15) is 24.4 Å². The Labute approximate surface area is 213 Å². The molecule has 190 valence electrons. The number of benzene rings is 3. The number of fused-ring (bicyclic) bond motifs is 2. The molecule has 9 heteroatoms. The summed E-state index contributed by atoms with van der Waals surface area (Å²) in [4.78, 5) is 28.8. The van der Waals surface area contributed by atoms with Crippen LogP contribution in [-0.4, -0.2) is 38.9 Å². The molecule has 2 atom stereocenters. The summed E-state index contributed by atoms with van der Waals surface area (Å²) in [7, 11) is 1.60. The van der Waals surface area contributed by atoms with Gasteiger partial charge in [0.1, 0.15) is 19.0 Å². The predicted molar refractivity (Wildman–Crippen MR) is 135 cm³/mol. The second-order valence-corrected chi connectivity index (χ2v) is 9.01. The number of hydrogen-bond donors (Lipinski definition) is 1. The average molecular weight is 503 g/mol. The number of amides is 2. The van der Waals surface area contributed by atoms with E-state index in [4.69, 9.17) is 23.7 Å². The molecule has 0 unspecified atom stereocenters. The number of anilines is 2. The lowest BCUT2D eigenvalue weighted by molar-refractivity contribution is -0.125. The van der Waals surface area contributed by atoms with Crippen LogP contribution >= 0.6 is 0 Å². The lowest BCUT2D eigenvalue weighted by Crippen LogP contribution is -2.47. The number of methoxy groups -OCH3 is 1. The smallest absolute Gasteiger partial charge is 0.231 e. The Balaban J connectivity index is 1.35. The lowest BCUT2D eigenvalue weighted by Gasteiger charge is -2.41. The van der Waals surface area contributed by atoms with Crippen molar-refractivity contribution >= 4 is 23.2 Å². The number of carbonyl (C=O) groups excluding carboxylic acids is 2. The van der Waals surface area contributed by atoms with Crippen molar-refractivity contribution < 1.29 is 33.3 Å². The standard InChI is InChI=1S/C28H26N2O7/c1-33-20-6-2-17(3-7-20)27-21(28(32)29-18-4-9-22-24(14-18)35-13-12-34-22)8-11-26(31)30(27)19-5-10-23-25(15-19)37-16-36-23/h2-7,9-10,14-15,21,27H,8,11-13,16H2,1H3,(H,29,32)/t21-,27+/m0/s1. The van der Waals surface area contributed by atoms with E-state index in [1.54, 1.807) is 42.3 Å². The van der Waals surface area contributed by atoms with Gasteiger partial charge in [0.15, 0.2) is 23.0 Å². The normalized spacial score (nSPS) is 19.9. The molecule has 0 saturated carbocycles. The van der Waals surface area contributed by atoms with Gasteiger partial charge in [-0.2, -0.15) is 0 Å². The molecule has 0 aliphatic carbocycles. The van der Waals surface area contributed by atoms with Gasteiger partial charge in [0.05, 0.1) is 19.1 Å². The Bertz CT molecular complexity index is 1340. The van der Waals surface area contributed by atoms with E-state index < -0.39 is 12.0 Å². The van der Waals surface area contributed by atoms with E-state index in [9.17, 15) is 9.59 Å². The summed E-state index contributed by atoms with van der Waals surface area (Å²) in [6, 6.07) is 17.7. The summed E-state index contributed by atoms with van der Waals surface area (Å²) in [5.41, 5.74) is 2.08. The number of piperidine rings is 1. The third kappa shape index (κ3) is 4.37. The number of ether oxygens (including phenoxy) is 5. The maximum Gasteiger partial charge on any atom is 0.231 e. The molecule has 2 amide bonds. The Kier molecular flexibility index (Phi) is 5.96. The van der Waals surface area contributed by atoms with Gasteiger partial charge in [-0.3, -0.25) is 9.59 Å². The van der Waals surface area contributed by atoms with E-state index in [1.165, 1.54) is 0 Å². The Morgan fingerprint density at radius 2 is 1.59 bits per heavy atom. The summed E-state index contributed by atoms with van der Waals surface area (Å²) in [6.07, 6.45) is 0.646. The van der Waals surface area contributed by atoms with Crippen molar-refractivity contribution in [3.8, 4) is 28.7 Å². The molecule has 3 aromatic carbocycles. The minimum absolute atomic E-state index is 0.0666. The van der Waals surface area contributed by atoms with Crippen LogP contribution in [0, 0.1) is 5.92 Å². The fourth-order valence-corrected chi connectivity index (χ4v) is 5.05. The molecule has 37 heavy (non-hydrogen) atoms. The largest absolute Gasteiger partial charge is 0.497 e. The van der Waals surface area contributed by atoms with Crippen molar-refractivity contribution in [2.24, 2.45) is 5.92 Å². The summed E-state index contributed by atoms with van der Waals surface area (Å²) in [5, 5.41) is 3.03. The molecule has 1 N–H and O–H groups in total. The first-order valence-electron chi connectivity index (χ1n) is 12.2. The summed E-state index contributed by atoms with van der Waals surface area (Å²) >= 11 is 0. The molecule has 0 spiro atoms. The fourth-order valence-electron chi connectivity index (χ4n) is 5.05. The van der Waals surface area contributed by atoms with Crippen LogP contribution in [0.2, 0.25) is 0 Å². The molecular formula is C28H26N2O7. The zero-order valence-corrected chi connectivity index (χ0v) is 20.3. The first-order valence-corrected chi connectivity index (χ1v) is 12.2. The number of nitrogens with zero attached hydrogens (tertiary/aromatic N) is 1. The molecular weight excluding hydrogens is 476 g/mol. The van der Waals surface area contributed by atoms with Crippen LogP contribution < -0.4 is 33.9 Å². The van der Waals surface area contributed by atoms with E-state index in [1.807, 2.05) is 30.3 Å². The first kappa shape index (κ1) is 23.0. The number of carbonyl (C=O) groups is 2. The highest BCUT2D eigenvalue weighted by atomic mass is 16.7. The highest BCUT2D eigenvalue weighted by molar-refractivity contribution is 6.00. The molecule has 3 aliphatic heterocycles.